The summed E-state index contributed by atoms with van der Waals surface area (Å²) in [4.78, 5) is 12.9. The first-order valence-corrected chi connectivity index (χ1v) is 10.6. The minimum absolute atomic E-state index is 0.277. The van der Waals surface area contributed by atoms with Crippen LogP contribution in [0.1, 0.15) is 18.9 Å². The van der Waals surface area contributed by atoms with Gasteiger partial charge in [0.1, 0.15) is 11.8 Å². The van der Waals surface area contributed by atoms with Crippen molar-refractivity contribution in [2.45, 2.75) is 26.3 Å². The first-order valence-electron chi connectivity index (χ1n) is 8.38. The van der Waals surface area contributed by atoms with Crippen LogP contribution in [0.25, 0.3) is 0 Å². The molecule has 0 aliphatic heterocycles. The molecule has 1 amide bonds. The summed E-state index contributed by atoms with van der Waals surface area (Å²) in [5, 5.41) is 3.19. The number of anilines is 2. The fourth-order valence-electron chi connectivity index (χ4n) is 2.74. The van der Waals surface area contributed by atoms with Gasteiger partial charge in [0.15, 0.2) is 0 Å². The lowest BCUT2D eigenvalue weighted by Gasteiger charge is -2.30. The van der Waals surface area contributed by atoms with E-state index in [1.807, 2.05) is 6.92 Å². The van der Waals surface area contributed by atoms with Crippen molar-refractivity contribution in [2.24, 2.45) is 0 Å². The Hall–Kier alpha value is -2.25. The summed E-state index contributed by atoms with van der Waals surface area (Å²) < 4.78 is 31.3. The fourth-order valence-corrected chi connectivity index (χ4v) is 4.12. The van der Waals surface area contributed by atoms with Crippen LogP contribution in [-0.2, 0) is 14.8 Å². The van der Waals surface area contributed by atoms with Gasteiger partial charge in [-0.15, -0.1) is 0 Å². The third-order valence-electron chi connectivity index (χ3n) is 4.10. The minimum atomic E-state index is -3.73. The van der Waals surface area contributed by atoms with Crippen molar-refractivity contribution in [1.29, 1.82) is 0 Å². The highest BCUT2D eigenvalue weighted by molar-refractivity contribution is 7.92. The maximum Gasteiger partial charge on any atom is 0.248 e. The second-order valence-corrected chi connectivity index (χ2v) is 8.37. The predicted octanol–water partition coefficient (Wildman–Crippen LogP) is 3.84. The van der Waals surface area contributed by atoms with Gasteiger partial charge in [0.05, 0.1) is 24.7 Å². The fraction of sp³-hybridized carbons (Fsp3) is 0.316. The smallest absolute Gasteiger partial charge is 0.248 e. The average molecular weight is 411 g/mol. The number of nitrogens with one attached hydrogen (secondary N) is 1. The van der Waals surface area contributed by atoms with E-state index < -0.39 is 22.0 Å². The molecule has 0 saturated heterocycles. The van der Waals surface area contributed by atoms with E-state index in [2.05, 4.69) is 5.32 Å². The number of nitrogens with zero attached hydrogens (tertiary/aromatic N) is 1. The van der Waals surface area contributed by atoms with Crippen LogP contribution < -0.4 is 14.4 Å². The molecule has 0 heterocycles. The normalized spacial score (nSPS) is 12.3. The summed E-state index contributed by atoms with van der Waals surface area (Å²) in [5.74, 6) is 0.0362. The molecule has 0 fully saturated rings. The number of ether oxygens (including phenoxy) is 1. The van der Waals surface area contributed by atoms with Crippen LogP contribution in [-0.4, -0.2) is 33.7 Å². The second-order valence-electron chi connectivity index (χ2n) is 6.11. The molecule has 8 heteroatoms. The summed E-state index contributed by atoms with van der Waals surface area (Å²) in [6.07, 6.45) is 1.35. The molecule has 2 aromatic carbocycles. The zero-order valence-corrected chi connectivity index (χ0v) is 17.3. The van der Waals surface area contributed by atoms with E-state index in [1.165, 1.54) is 7.11 Å². The molecule has 27 heavy (non-hydrogen) atoms. The molecule has 0 aliphatic rings. The lowest BCUT2D eigenvalue weighted by Crippen LogP contribution is -2.47. The Morgan fingerprint density at radius 1 is 1.26 bits per heavy atom. The molecule has 0 aliphatic carbocycles. The molecule has 0 bridgehead atoms. The Morgan fingerprint density at radius 2 is 1.93 bits per heavy atom. The molecule has 2 aromatic rings. The Morgan fingerprint density at radius 3 is 2.48 bits per heavy atom. The average Bonchev–Trinajstić information content (AvgIpc) is 2.61. The van der Waals surface area contributed by atoms with Crippen molar-refractivity contribution in [3.8, 4) is 5.75 Å². The number of rotatable bonds is 7. The Labute approximate surface area is 165 Å². The summed E-state index contributed by atoms with van der Waals surface area (Å²) in [7, 11) is -2.23. The van der Waals surface area contributed by atoms with E-state index in [-0.39, 0.29) is 6.42 Å². The van der Waals surface area contributed by atoms with Crippen molar-refractivity contribution in [3.05, 3.63) is 53.1 Å². The van der Waals surface area contributed by atoms with Crippen LogP contribution in [0.3, 0.4) is 0 Å². The molecule has 0 radical (unpaired) electrons. The molecule has 0 saturated carbocycles. The molecule has 1 N–H and O–H groups in total. The molecule has 0 spiro atoms. The summed E-state index contributed by atoms with van der Waals surface area (Å²) in [5.41, 5.74) is 1.63. The second kappa shape index (κ2) is 8.63. The van der Waals surface area contributed by atoms with E-state index in [1.54, 1.807) is 49.4 Å². The van der Waals surface area contributed by atoms with E-state index in [0.717, 1.165) is 16.1 Å². The van der Waals surface area contributed by atoms with Gasteiger partial charge in [0.2, 0.25) is 15.9 Å². The maximum absolute atomic E-state index is 12.9. The number of halogens is 1. The van der Waals surface area contributed by atoms with Gasteiger partial charge < -0.3 is 10.1 Å². The number of para-hydroxylation sites is 2. The highest BCUT2D eigenvalue weighted by Crippen LogP contribution is 2.29. The van der Waals surface area contributed by atoms with Gasteiger partial charge in [-0.3, -0.25) is 9.10 Å². The van der Waals surface area contributed by atoms with Crippen LogP contribution in [0, 0.1) is 6.92 Å². The molecule has 0 aromatic heterocycles. The molecule has 6 nitrogen and oxygen atoms in total. The molecule has 2 rings (SSSR count). The summed E-state index contributed by atoms with van der Waals surface area (Å²) in [6, 6.07) is 10.9. The number of methoxy groups -OCH3 is 1. The first kappa shape index (κ1) is 21.1. The zero-order chi connectivity index (χ0) is 20.2. The lowest BCUT2D eigenvalue weighted by molar-refractivity contribution is -0.117. The molecule has 146 valence electrons. The number of carbonyl (C=O) groups excluding carboxylic acids is 1. The Bertz CT molecular complexity index is 931. The minimum Gasteiger partial charge on any atom is -0.495 e. The number of hydrogen-bond donors (Lipinski definition) is 1. The van der Waals surface area contributed by atoms with Crippen molar-refractivity contribution < 1.29 is 17.9 Å². The van der Waals surface area contributed by atoms with Crippen molar-refractivity contribution in [3.63, 3.8) is 0 Å². The summed E-state index contributed by atoms with van der Waals surface area (Å²) in [6.45, 7) is 3.57. The van der Waals surface area contributed by atoms with E-state index in [0.29, 0.717) is 22.1 Å². The Balaban J connectivity index is 2.43. The predicted molar refractivity (Wildman–Crippen MR) is 109 cm³/mol. The summed E-state index contributed by atoms with van der Waals surface area (Å²) >= 11 is 6.17. The number of aryl methyl sites for hydroxylation is 1. The number of benzene rings is 2. The van der Waals surface area contributed by atoms with Gasteiger partial charge in [-0.25, -0.2) is 8.42 Å². The monoisotopic (exact) mass is 410 g/mol. The van der Waals surface area contributed by atoms with E-state index >= 15 is 0 Å². The van der Waals surface area contributed by atoms with Crippen LogP contribution >= 0.6 is 11.6 Å². The van der Waals surface area contributed by atoms with E-state index in [4.69, 9.17) is 16.3 Å². The highest BCUT2D eigenvalue weighted by atomic mass is 35.5. The van der Waals surface area contributed by atoms with Crippen molar-refractivity contribution >= 4 is 38.9 Å². The third-order valence-corrected chi connectivity index (χ3v) is 5.69. The first-order chi connectivity index (χ1) is 12.7. The quantitative estimate of drug-likeness (QED) is 0.752. The molecule has 1 unspecified atom stereocenters. The van der Waals surface area contributed by atoms with Crippen LogP contribution in [0.4, 0.5) is 11.4 Å². The topological polar surface area (TPSA) is 75.7 Å². The lowest BCUT2D eigenvalue weighted by atomic mass is 10.1. The molecular formula is C19H23ClN2O4S. The van der Waals surface area contributed by atoms with Crippen LogP contribution in [0.15, 0.2) is 42.5 Å². The SMILES string of the molecule is CCC(C(=O)Nc1ccccc1OC)N(c1ccc(C)c(Cl)c1)S(C)(=O)=O. The maximum atomic E-state index is 12.9. The van der Waals surface area contributed by atoms with Crippen molar-refractivity contribution in [1.82, 2.24) is 0 Å². The van der Waals surface area contributed by atoms with Gasteiger partial charge in [-0.05, 0) is 43.2 Å². The Kier molecular flexibility index (Phi) is 6.73. The zero-order valence-electron chi connectivity index (χ0n) is 15.7. The molecular weight excluding hydrogens is 388 g/mol. The number of amides is 1. The highest BCUT2D eigenvalue weighted by Gasteiger charge is 2.32. The van der Waals surface area contributed by atoms with Crippen LogP contribution in [0.2, 0.25) is 5.02 Å². The van der Waals surface area contributed by atoms with Gasteiger partial charge in [-0.2, -0.15) is 0 Å². The number of carbonyl (C=O) groups is 1. The number of sulfonamides is 1. The molecule has 1 atom stereocenters. The van der Waals surface area contributed by atoms with Crippen molar-refractivity contribution in [2.75, 3.05) is 23.0 Å². The van der Waals surface area contributed by atoms with Gasteiger partial charge >= 0.3 is 0 Å². The largest absolute Gasteiger partial charge is 0.495 e. The van der Waals surface area contributed by atoms with E-state index in [9.17, 15) is 13.2 Å². The standard InChI is InChI=1S/C19H23ClN2O4S/c1-5-17(19(23)21-16-8-6-7-9-18(16)26-3)22(27(4,24)25)14-11-10-13(2)15(20)12-14/h6-12,17H,5H2,1-4H3,(H,21,23). The van der Waals surface area contributed by atoms with Gasteiger partial charge in [0.25, 0.3) is 0 Å². The van der Waals surface area contributed by atoms with Crippen LogP contribution in [0.5, 0.6) is 5.75 Å². The van der Waals surface area contributed by atoms with Gasteiger partial charge in [-0.1, -0.05) is 36.7 Å². The van der Waals surface area contributed by atoms with Gasteiger partial charge in [0, 0.05) is 5.02 Å². The number of hydrogen-bond acceptors (Lipinski definition) is 4. The third kappa shape index (κ3) is 4.93.